The largest absolute Gasteiger partial charge is 0.311 e. The van der Waals surface area contributed by atoms with E-state index in [1.807, 2.05) is 13.8 Å². The second-order valence-electron chi connectivity index (χ2n) is 2.53. The van der Waals surface area contributed by atoms with Gasteiger partial charge in [-0.2, -0.15) is 5.10 Å². The number of nitrogens with one attached hydrogen (secondary N) is 2. The van der Waals surface area contributed by atoms with Crippen LogP contribution in [0.1, 0.15) is 25.8 Å². The van der Waals surface area contributed by atoms with Gasteiger partial charge in [-0.3, -0.25) is 9.89 Å². The van der Waals surface area contributed by atoms with E-state index >= 15 is 0 Å². The molecule has 0 aliphatic carbocycles. The molecule has 0 spiro atoms. The predicted octanol–water partition coefficient (Wildman–Crippen LogP) is 1.32. The lowest BCUT2D eigenvalue weighted by Gasteiger charge is -2.01. The van der Waals surface area contributed by atoms with E-state index in [0.717, 1.165) is 17.8 Å². The number of aryl methyl sites for hydroxylation is 1. The SMILES string of the molecule is CCC(=O)Nc1[nH]ncc1CC. The lowest BCUT2D eigenvalue weighted by molar-refractivity contribution is -0.115. The summed E-state index contributed by atoms with van der Waals surface area (Å²) in [4.78, 5) is 11.0. The Labute approximate surface area is 71.4 Å². The Hall–Kier alpha value is -1.32. The molecule has 0 aromatic carbocycles. The predicted molar refractivity (Wildman–Crippen MR) is 46.9 cm³/mol. The van der Waals surface area contributed by atoms with E-state index in [2.05, 4.69) is 15.5 Å². The molecule has 1 amide bonds. The fourth-order valence-corrected chi connectivity index (χ4v) is 0.915. The number of aromatic amines is 1. The van der Waals surface area contributed by atoms with E-state index in [9.17, 15) is 4.79 Å². The first-order valence-electron chi connectivity index (χ1n) is 4.10. The Morgan fingerprint density at radius 2 is 2.42 bits per heavy atom. The van der Waals surface area contributed by atoms with Crippen molar-refractivity contribution in [3.63, 3.8) is 0 Å². The molecule has 1 heterocycles. The minimum Gasteiger partial charge on any atom is -0.311 e. The van der Waals surface area contributed by atoms with Crippen LogP contribution in [0.2, 0.25) is 0 Å². The number of rotatable bonds is 3. The van der Waals surface area contributed by atoms with Gasteiger partial charge in [0.2, 0.25) is 5.91 Å². The second kappa shape index (κ2) is 3.90. The molecule has 1 aromatic rings. The molecule has 4 nitrogen and oxygen atoms in total. The maximum Gasteiger partial charge on any atom is 0.225 e. The van der Waals surface area contributed by atoms with E-state index < -0.39 is 0 Å². The summed E-state index contributed by atoms with van der Waals surface area (Å²) in [6.07, 6.45) is 3.09. The third-order valence-corrected chi connectivity index (χ3v) is 1.68. The molecular formula is C8H13N3O. The van der Waals surface area contributed by atoms with Gasteiger partial charge in [-0.05, 0) is 6.42 Å². The molecule has 0 saturated heterocycles. The Morgan fingerprint density at radius 1 is 1.67 bits per heavy atom. The van der Waals surface area contributed by atoms with E-state index in [4.69, 9.17) is 0 Å². The van der Waals surface area contributed by atoms with Crippen LogP contribution in [-0.4, -0.2) is 16.1 Å². The van der Waals surface area contributed by atoms with Gasteiger partial charge < -0.3 is 5.32 Å². The molecule has 0 bridgehead atoms. The molecule has 1 rings (SSSR count). The van der Waals surface area contributed by atoms with Gasteiger partial charge in [0.1, 0.15) is 5.82 Å². The number of anilines is 1. The van der Waals surface area contributed by atoms with Gasteiger partial charge in [-0.1, -0.05) is 13.8 Å². The standard InChI is InChI=1S/C8H13N3O/c1-3-6-5-9-11-8(6)10-7(12)4-2/h5H,3-4H2,1-2H3,(H2,9,10,11,12). The third kappa shape index (κ3) is 1.84. The van der Waals surface area contributed by atoms with Crippen LogP contribution in [0.4, 0.5) is 5.82 Å². The molecule has 0 radical (unpaired) electrons. The van der Waals surface area contributed by atoms with Crippen molar-refractivity contribution >= 4 is 11.7 Å². The van der Waals surface area contributed by atoms with Crippen molar-refractivity contribution < 1.29 is 4.79 Å². The Morgan fingerprint density at radius 3 is 3.00 bits per heavy atom. The Balaban J connectivity index is 2.68. The number of amides is 1. The number of carbonyl (C=O) groups is 1. The normalized spacial score (nSPS) is 9.83. The van der Waals surface area contributed by atoms with Crippen LogP contribution in [0.25, 0.3) is 0 Å². The summed E-state index contributed by atoms with van der Waals surface area (Å²) in [5, 5.41) is 9.31. The van der Waals surface area contributed by atoms with Crippen molar-refractivity contribution in [3.05, 3.63) is 11.8 Å². The van der Waals surface area contributed by atoms with E-state index in [-0.39, 0.29) is 5.91 Å². The number of nitrogens with zero attached hydrogens (tertiary/aromatic N) is 1. The average Bonchev–Trinajstić information content (AvgIpc) is 2.51. The summed E-state index contributed by atoms with van der Waals surface area (Å²) in [5.41, 5.74) is 1.04. The maximum atomic E-state index is 11.0. The number of carbonyl (C=O) groups excluding carboxylic acids is 1. The first kappa shape index (κ1) is 8.77. The highest BCUT2D eigenvalue weighted by Crippen LogP contribution is 2.10. The molecule has 0 aliphatic rings. The van der Waals surface area contributed by atoms with Gasteiger partial charge in [0.15, 0.2) is 0 Å². The van der Waals surface area contributed by atoms with Gasteiger partial charge in [0.25, 0.3) is 0 Å². The summed E-state index contributed by atoms with van der Waals surface area (Å²) in [6, 6.07) is 0. The summed E-state index contributed by atoms with van der Waals surface area (Å²) in [6.45, 7) is 3.84. The Bertz CT molecular complexity index is 267. The van der Waals surface area contributed by atoms with Gasteiger partial charge in [-0.15, -0.1) is 0 Å². The lowest BCUT2D eigenvalue weighted by atomic mass is 10.2. The average molecular weight is 167 g/mol. The zero-order valence-corrected chi connectivity index (χ0v) is 7.35. The van der Waals surface area contributed by atoms with Crippen molar-refractivity contribution in [1.29, 1.82) is 0 Å². The molecule has 0 aliphatic heterocycles. The quantitative estimate of drug-likeness (QED) is 0.713. The monoisotopic (exact) mass is 167 g/mol. The highest BCUT2D eigenvalue weighted by Gasteiger charge is 2.04. The molecule has 1 aromatic heterocycles. The van der Waals surface area contributed by atoms with Crippen LogP contribution in [-0.2, 0) is 11.2 Å². The number of aromatic nitrogens is 2. The van der Waals surface area contributed by atoms with Crippen LogP contribution in [0, 0.1) is 0 Å². The van der Waals surface area contributed by atoms with Gasteiger partial charge in [-0.25, -0.2) is 0 Å². The maximum absolute atomic E-state index is 11.0. The Kier molecular flexibility index (Phi) is 2.85. The number of hydrogen-bond acceptors (Lipinski definition) is 2. The minimum absolute atomic E-state index is 0.00829. The molecule has 66 valence electrons. The van der Waals surface area contributed by atoms with Crippen LogP contribution < -0.4 is 5.32 Å². The molecule has 0 saturated carbocycles. The van der Waals surface area contributed by atoms with Crippen molar-refractivity contribution in [2.24, 2.45) is 0 Å². The summed E-state index contributed by atoms with van der Waals surface area (Å²) in [7, 11) is 0. The molecule has 4 heteroatoms. The number of H-pyrrole nitrogens is 1. The topological polar surface area (TPSA) is 57.8 Å². The molecule has 12 heavy (non-hydrogen) atoms. The fraction of sp³-hybridized carbons (Fsp3) is 0.500. The zero-order valence-electron chi connectivity index (χ0n) is 7.35. The van der Waals surface area contributed by atoms with Crippen LogP contribution in [0.3, 0.4) is 0 Å². The lowest BCUT2D eigenvalue weighted by Crippen LogP contribution is -2.10. The van der Waals surface area contributed by atoms with Crippen molar-refractivity contribution in [2.45, 2.75) is 26.7 Å². The third-order valence-electron chi connectivity index (χ3n) is 1.68. The summed E-state index contributed by atoms with van der Waals surface area (Å²) >= 11 is 0. The van der Waals surface area contributed by atoms with Gasteiger partial charge in [0.05, 0.1) is 6.20 Å². The van der Waals surface area contributed by atoms with Crippen molar-refractivity contribution in [1.82, 2.24) is 10.2 Å². The van der Waals surface area contributed by atoms with Gasteiger partial charge in [0, 0.05) is 12.0 Å². The molecule has 2 N–H and O–H groups in total. The highest BCUT2D eigenvalue weighted by atomic mass is 16.1. The summed E-state index contributed by atoms with van der Waals surface area (Å²) < 4.78 is 0. The van der Waals surface area contributed by atoms with Crippen molar-refractivity contribution in [2.75, 3.05) is 5.32 Å². The molecule has 0 unspecified atom stereocenters. The van der Waals surface area contributed by atoms with Gasteiger partial charge >= 0.3 is 0 Å². The van der Waals surface area contributed by atoms with E-state index in [0.29, 0.717) is 6.42 Å². The second-order valence-corrected chi connectivity index (χ2v) is 2.53. The molecule has 0 fully saturated rings. The summed E-state index contributed by atoms with van der Waals surface area (Å²) in [5.74, 6) is 0.735. The van der Waals surface area contributed by atoms with Crippen LogP contribution in [0.15, 0.2) is 6.20 Å². The number of hydrogen-bond donors (Lipinski definition) is 2. The highest BCUT2D eigenvalue weighted by molar-refractivity contribution is 5.90. The van der Waals surface area contributed by atoms with Crippen molar-refractivity contribution in [3.8, 4) is 0 Å². The van der Waals surface area contributed by atoms with Crippen LogP contribution >= 0.6 is 0 Å². The zero-order chi connectivity index (χ0) is 8.97. The van der Waals surface area contributed by atoms with Crippen LogP contribution in [0.5, 0.6) is 0 Å². The first-order chi connectivity index (χ1) is 5.77. The minimum atomic E-state index is 0.00829. The molecular weight excluding hydrogens is 154 g/mol. The fourth-order valence-electron chi connectivity index (χ4n) is 0.915. The molecule has 0 atom stereocenters. The van der Waals surface area contributed by atoms with E-state index in [1.54, 1.807) is 6.20 Å². The smallest absolute Gasteiger partial charge is 0.225 e. The first-order valence-corrected chi connectivity index (χ1v) is 4.10. The van der Waals surface area contributed by atoms with E-state index in [1.165, 1.54) is 0 Å².